The van der Waals surface area contributed by atoms with Gasteiger partial charge in [-0.3, -0.25) is 9.59 Å². The lowest BCUT2D eigenvalue weighted by Gasteiger charge is -2.25. The number of hydrogen-bond donors (Lipinski definition) is 0. The van der Waals surface area contributed by atoms with Crippen molar-refractivity contribution < 1.29 is 9.59 Å². The summed E-state index contributed by atoms with van der Waals surface area (Å²) in [7, 11) is 0. The summed E-state index contributed by atoms with van der Waals surface area (Å²) >= 11 is 0. The van der Waals surface area contributed by atoms with Gasteiger partial charge in [-0.15, -0.1) is 0 Å². The van der Waals surface area contributed by atoms with E-state index in [1.165, 1.54) is 12.5 Å². The fourth-order valence-electron chi connectivity index (χ4n) is 3.00. The van der Waals surface area contributed by atoms with Crippen LogP contribution in [0.15, 0.2) is 42.5 Å². The molecule has 0 N–H and O–H groups in total. The number of hydrogen-bond acceptors (Lipinski definition) is 2. The molecule has 0 spiro atoms. The Morgan fingerprint density at radius 1 is 0.885 bits per heavy atom. The number of anilines is 2. The first kappa shape index (κ1) is 19.7. The van der Waals surface area contributed by atoms with Crippen LogP contribution in [0, 0.1) is 20.8 Å². The SMILES string of the molecule is CCN(C(=O)CCN(C(C)=O)c1ccc(C)c(C)c1)c1cccc(C)c1. The number of aryl methyl sites for hydroxylation is 3. The number of amides is 2. The number of carbonyl (C=O) groups excluding carboxylic acids is 2. The van der Waals surface area contributed by atoms with Gasteiger partial charge in [-0.05, 0) is 68.7 Å². The van der Waals surface area contributed by atoms with E-state index < -0.39 is 0 Å². The summed E-state index contributed by atoms with van der Waals surface area (Å²) in [4.78, 5) is 28.3. The molecule has 0 bridgehead atoms. The van der Waals surface area contributed by atoms with Crippen molar-refractivity contribution in [2.24, 2.45) is 0 Å². The lowest BCUT2D eigenvalue weighted by Crippen LogP contribution is -2.36. The highest BCUT2D eigenvalue weighted by molar-refractivity contribution is 5.96. The number of rotatable bonds is 6. The van der Waals surface area contributed by atoms with E-state index in [2.05, 4.69) is 0 Å². The standard InChI is InChI=1S/C22H28N2O2/c1-6-23(20-9-7-8-16(2)14-20)22(26)12-13-24(19(5)25)21-11-10-17(3)18(4)15-21/h7-11,14-15H,6,12-13H2,1-5H3. The fraction of sp³-hybridized carbons (Fsp3) is 0.364. The van der Waals surface area contributed by atoms with Gasteiger partial charge in [0.05, 0.1) is 0 Å². The second kappa shape index (κ2) is 8.65. The maximum absolute atomic E-state index is 12.8. The van der Waals surface area contributed by atoms with E-state index in [-0.39, 0.29) is 18.2 Å². The Morgan fingerprint density at radius 3 is 2.15 bits per heavy atom. The van der Waals surface area contributed by atoms with Gasteiger partial charge >= 0.3 is 0 Å². The highest BCUT2D eigenvalue weighted by atomic mass is 16.2. The Hall–Kier alpha value is -2.62. The average molecular weight is 352 g/mol. The van der Waals surface area contributed by atoms with Crippen LogP contribution in [0.5, 0.6) is 0 Å². The summed E-state index contributed by atoms with van der Waals surface area (Å²) < 4.78 is 0. The highest BCUT2D eigenvalue weighted by Crippen LogP contribution is 2.21. The fourth-order valence-corrected chi connectivity index (χ4v) is 3.00. The smallest absolute Gasteiger partial charge is 0.228 e. The number of nitrogens with zero attached hydrogens (tertiary/aromatic N) is 2. The Balaban J connectivity index is 2.13. The number of benzene rings is 2. The molecule has 0 aromatic heterocycles. The van der Waals surface area contributed by atoms with Gasteiger partial charge in [0, 0.05) is 37.8 Å². The minimum Gasteiger partial charge on any atom is -0.313 e. The molecule has 26 heavy (non-hydrogen) atoms. The topological polar surface area (TPSA) is 40.6 Å². The van der Waals surface area contributed by atoms with Crippen LogP contribution in [0.4, 0.5) is 11.4 Å². The third kappa shape index (κ3) is 4.72. The molecule has 0 fully saturated rings. The van der Waals surface area contributed by atoms with E-state index in [0.29, 0.717) is 13.1 Å². The normalized spacial score (nSPS) is 10.5. The van der Waals surface area contributed by atoms with E-state index in [1.54, 1.807) is 9.80 Å². The predicted octanol–water partition coefficient (Wildman–Crippen LogP) is 4.41. The van der Waals surface area contributed by atoms with Crippen molar-refractivity contribution in [1.82, 2.24) is 0 Å². The summed E-state index contributed by atoms with van der Waals surface area (Å²) in [6.45, 7) is 10.6. The van der Waals surface area contributed by atoms with Crippen molar-refractivity contribution in [1.29, 1.82) is 0 Å². The van der Waals surface area contributed by atoms with Crippen molar-refractivity contribution in [3.63, 3.8) is 0 Å². The van der Waals surface area contributed by atoms with E-state index >= 15 is 0 Å². The van der Waals surface area contributed by atoms with Crippen LogP contribution >= 0.6 is 0 Å². The molecule has 0 radical (unpaired) electrons. The molecule has 2 rings (SSSR count). The van der Waals surface area contributed by atoms with Gasteiger partial charge in [-0.2, -0.15) is 0 Å². The molecule has 0 aliphatic carbocycles. The Kier molecular flexibility index (Phi) is 6.56. The second-order valence-electron chi connectivity index (χ2n) is 6.67. The monoisotopic (exact) mass is 352 g/mol. The largest absolute Gasteiger partial charge is 0.313 e. The van der Waals surface area contributed by atoms with Crippen LogP contribution in [-0.4, -0.2) is 24.9 Å². The summed E-state index contributed by atoms with van der Waals surface area (Å²) in [5.41, 5.74) is 5.18. The minimum absolute atomic E-state index is 0.0215. The summed E-state index contributed by atoms with van der Waals surface area (Å²) in [5.74, 6) is -0.0344. The van der Waals surface area contributed by atoms with Gasteiger partial charge in [0.1, 0.15) is 0 Å². The average Bonchev–Trinajstić information content (AvgIpc) is 2.58. The highest BCUT2D eigenvalue weighted by Gasteiger charge is 2.18. The van der Waals surface area contributed by atoms with Crippen molar-refractivity contribution in [3.8, 4) is 0 Å². The summed E-state index contributed by atoms with van der Waals surface area (Å²) in [5, 5.41) is 0. The molecule has 4 heteroatoms. The molecule has 2 aromatic rings. The van der Waals surface area contributed by atoms with E-state index in [9.17, 15) is 9.59 Å². The van der Waals surface area contributed by atoms with Crippen LogP contribution < -0.4 is 9.80 Å². The van der Waals surface area contributed by atoms with Gasteiger partial charge in [-0.25, -0.2) is 0 Å². The molecule has 0 saturated carbocycles. The maximum Gasteiger partial charge on any atom is 0.228 e. The zero-order chi connectivity index (χ0) is 19.3. The molecule has 138 valence electrons. The molecule has 2 amide bonds. The first-order chi connectivity index (χ1) is 12.3. The van der Waals surface area contributed by atoms with E-state index in [1.807, 2.05) is 70.2 Å². The molecule has 0 aliphatic rings. The molecular formula is C22H28N2O2. The molecule has 0 saturated heterocycles. The molecule has 0 unspecified atom stereocenters. The van der Waals surface area contributed by atoms with Crippen molar-refractivity contribution in [2.45, 2.75) is 41.0 Å². The quantitative estimate of drug-likeness (QED) is 0.773. The van der Waals surface area contributed by atoms with Crippen LogP contribution in [0.2, 0.25) is 0 Å². The van der Waals surface area contributed by atoms with Crippen molar-refractivity contribution >= 4 is 23.2 Å². The molecular weight excluding hydrogens is 324 g/mol. The first-order valence-corrected chi connectivity index (χ1v) is 9.06. The van der Waals surface area contributed by atoms with E-state index in [4.69, 9.17) is 0 Å². The second-order valence-corrected chi connectivity index (χ2v) is 6.67. The molecule has 0 atom stereocenters. The van der Waals surface area contributed by atoms with Crippen molar-refractivity contribution in [2.75, 3.05) is 22.9 Å². The summed E-state index contributed by atoms with van der Waals surface area (Å²) in [6, 6.07) is 13.9. The third-order valence-electron chi connectivity index (χ3n) is 4.66. The molecule has 0 aliphatic heterocycles. The van der Waals surface area contributed by atoms with Gasteiger partial charge in [0.15, 0.2) is 0 Å². The zero-order valence-corrected chi connectivity index (χ0v) is 16.4. The van der Waals surface area contributed by atoms with Crippen LogP contribution in [0.25, 0.3) is 0 Å². The zero-order valence-electron chi connectivity index (χ0n) is 16.4. The minimum atomic E-state index is -0.0559. The Bertz CT molecular complexity index is 798. The predicted molar refractivity (Wildman–Crippen MR) is 108 cm³/mol. The molecule has 2 aromatic carbocycles. The third-order valence-corrected chi connectivity index (χ3v) is 4.66. The Labute approximate surface area is 156 Å². The van der Waals surface area contributed by atoms with Crippen LogP contribution in [0.1, 0.15) is 37.0 Å². The van der Waals surface area contributed by atoms with Gasteiger partial charge < -0.3 is 9.80 Å². The lowest BCUT2D eigenvalue weighted by atomic mass is 10.1. The maximum atomic E-state index is 12.8. The van der Waals surface area contributed by atoms with Crippen LogP contribution in [0.3, 0.4) is 0 Å². The van der Waals surface area contributed by atoms with Gasteiger partial charge in [0.2, 0.25) is 11.8 Å². The Morgan fingerprint density at radius 2 is 1.58 bits per heavy atom. The lowest BCUT2D eigenvalue weighted by molar-refractivity contribution is -0.118. The molecule has 4 nitrogen and oxygen atoms in total. The first-order valence-electron chi connectivity index (χ1n) is 9.06. The van der Waals surface area contributed by atoms with Crippen LogP contribution in [-0.2, 0) is 9.59 Å². The van der Waals surface area contributed by atoms with Gasteiger partial charge in [-0.1, -0.05) is 18.2 Å². The van der Waals surface area contributed by atoms with Crippen molar-refractivity contribution in [3.05, 3.63) is 59.2 Å². The number of carbonyl (C=O) groups is 2. The summed E-state index contributed by atoms with van der Waals surface area (Å²) in [6.07, 6.45) is 0.286. The molecule has 0 heterocycles. The van der Waals surface area contributed by atoms with E-state index in [0.717, 1.165) is 22.5 Å². The van der Waals surface area contributed by atoms with Gasteiger partial charge in [0.25, 0.3) is 0 Å².